The number of rotatable bonds is 2. The zero-order valence-corrected chi connectivity index (χ0v) is 15.0. The smallest absolute Gasteiger partial charge is 0.253 e. The summed E-state index contributed by atoms with van der Waals surface area (Å²) in [5, 5.41) is 4.13. The SMILES string of the molecule is Cc1cc(C2CCN(C(=O)c3cccc(C(C)(C)C)c3)CC2)no1. The largest absolute Gasteiger partial charge is 0.361 e. The first-order valence-corrected chi connectivity index (χ1v) is 8.67. The molecule has 3 rings (SSSR count). The lowest BCUT2D eigenvalue weighted by Gasteiger charge is -2.31. The van der Waals surface area contributed by atoms with Gasteiger partial charge in [0.1, 0.15) is 5.76 Å². The van der Waals surface area contributed by atoms with E-state index in [1.165, 1.54) is 5.56 Å². The Hall–Kier alpha value is -2.10. The van der Waals surface area contributed by atoms with Gasteiger partial charge in [-0.3, -0.25) is 4.79 Å². The number of aromatic nitrogens is 1. The molecular weight excluding hydrogens is 300 g/mol. The molecule has 0 aliphatic carbocycles. The molecular formula is C20H26N2O2. The zero-order chi connectivity index (χ0) is 17.3. The van der Waals surface area contributed by atoms with Crippen molar-refractivity contribution in [3.63, 3.8) is 0 Å². The lowest BCUT2D eigenvalue weighted by molar-refractivity contribution is 0.0711. The molecule has 1 aliphatic rings. The Labute approximate surface area is 143 Å². The van der Waals surface area contributed by atoms with Crippen LogP contribution in [0.3, 0.4) is 0 Å². The number of amides is 1. The molecule has 0 N–H and O–H groups in total. The fraction of sp³-hybridized carbons (Fsp3) is 0.500. The van der Waals surface area contributed by atoms with Gasteiger partial charge in [-0.25, -0.2) is 0 Å². The van der Waals surface area contributed by atoms with E-state index in [2.05, 4.69) is 32.0 Å². The highest BCUT2D eigenvalue weighted by atomic mass is 16.5. The number of hydrogen-bond acceptors (Lipinski definition) is 3. The maximum absolute atomic E-state index is 12.8. The van der Waals surface area contributed by atoms with Gasteiger partial charge in [0.15, 0.2) is 0 Å². The van der Waals surface area contributed by atoms with Gasteiger partial charge in [0.2, 0.25) is 0 Å². The molecule has 0 unspecified atom stereocenters. The monoisotopic (exact) mass is 326 g/mol. The van der Waals surface area contributed by atoms with Gasteiger partial charge >= 0.3 is 0 Å². The van der Waals surface area contributed by atoms with Crippen LogP contribution in [0.4, 0.5) is 0 Å². The van der Waals surface area contributed by atoms with E-state index in [9.17, 15) is 4.79 Å². The third kappa shape index (κ3) is 3.53. The number of carbonyl (C=O) groups is 1. The van der Waals surface area contributed by atoms with E-state index in [-0.39, 0.29) is 11.3 Å². The maximum Gasteiger partial charge on any atom is 0.253 e. The van der Waals surface area contributed by atoms with Crippen LogP contribution < -0.4 is 0 Å². The summed E-state index contributed by atoms with van der Waals surface area (Å²) in [4.78, 5) is 14.8. The topological polar surface area (TPSA) is 46.3 Å². The van der Waals surface area contributed by atoms with Crippen molar-refractivity contribution in [3.05, 3.63) is 52.9 Å². The van der Waals surface area contributed by atoms with Crippen LogP contribution in [0.5, 0.6) is 0 Å². The molecule has 24 heavy (non-hydrogen) atoms. The molecule has 0 spiro atoms. The number of aryl methyl sites for hydroxylation is 1. The Balaban J connectivity index is 1.67. The first kappa shape index (κ1) is 16.7. The maximum atomic E-state index is 12.8. The average Bonchev–Trinajstić information content (AvgIpc) is 3.00. The van der Waals surface area contributed by atoms with Gasteiger partial charge < -0.3 is 9.42 Å². The summed E-state index contributed by atoms with van der Waals surface area (Å²) in [6.07, 6.45) is 1.88. The van der Waals surface area contributed by atoms with Gasteiger partial charge in [0.25, 0.3) is 5.91 Å². The zero-order valence-electron chi connectivity index (χ0n) is 15.0. The summed E-state index contributed by atoms with van der Waals surface area (Å²) >= 11 is 0. The summed E-state index contributed by atoms with van der Waals surface area (Å²) in [6, 6.07) is 10.0. The van der Waals surface area contributed by atoms with Crippen molar-refractivity contribution in [2.45, 2.75) is 51.9 Å². The van der Waals surface area contributed by atoms with Crippen LogP contribution in [0.25, 0.3) is 0 Å². The predicted octanol–water partition coefficient (Wildman–Crippen LogP) is 4.30. The Bertz CT molecular complexity index is 719. The highest BCUT2D eigenvalue weighted by Gasteiger charge is 2.26. The molecule has 1 aliphatic heterocycles. The minimum atomic E-state index is 0.0497. The van der Waals surface area contributed by atoms with Gasteiger partial charge in [-0.1, -0.05) is 38.1 Å². The summed E-state index contributed by atoms with van der Waals surface area (Å²) in [6.45, 7) is 9.97. The number of likely N-dealkylation sites (tertiary alicyclic amines) is 1. The van der Waals surface area contributed by atoms with Crippen LogP contribution in [0.1, 0.15) is 66.9 Å². The molecule has 4 nitrogen and oxygen atoms in total. The van der Waals surface area contributed by atoms with Crippen LogP contribution in [0.15, 0.2) is 34.9 Å². The molecule has 1 fully saturated rings. The Morgan fingerprint density at radius 2 is 1.92 bits per heavy atom. The Morgan fingerprint density at radius 3 is 2.50 bits per heavy atom. The summed E-state index contributed by atoms with van der Waals surface area (Å²) < 4.78 is 5.18. The molecule has 2 aromatic rings. The van der Waals surface area contributed by atoms with Crippen molar-refractivity contribution in [3.8, 4) is 0 Å². The molecule has 128 valence electrons. The molecule has 0 atom stereocenters. The molecule has 1 aromatic heterocycles. The minimum absolute atomic E-state index is 0.0497. The fourth-order valence-corrected chi connectivity index (χ4v) is 3.26. The highest BCUT2D eigenvalue weighted by molar-refractivity contribution is 5.94. The van der Waals surface area contributed by atoms with Crippen LogP contribution in [-0.2, 0) is 5.41 Å². The van der Waals surface area contributed by atoms with Crippen LogP contribution in [0, 0.1) is 6.92 Å². The standard InChI is InChI=1S/C20H26N2O2/c1-14-12-18(21-24-14)15-8-10-22(11-9-15)19(23)16-6-5-7-17(13-16)20(2,3)4/h5-7,12-13,15H,8-11H2,1-4H3. The van der Waals surface area contributed by atoms with E-state index < -0.39 is 0 Å². The number of nitrogens with zero attached hydrogens (tertiary/aromatic N) is 2. The summed E-state index contributed by atoms with van der Waals surface area (Å²) in [5.74, 6) is 1.38. The first-order valence-electron chi connectivity index (χ1n) is 8.67. The molecule has 1 saturated heterocycles. The second kappa shape index (κ2) is 6.42. The van der Waals surface area contributed by atoms with Crippen LogP contribution >= 0.6 is 0 Å². The second-order valence-corrected chi connectivity index (χ2v) is 7.76. The van der Waals surface area contributed by atoms with Crippen LogP contribution in [0.2, 0.25) is 0 Å². The van der Waals surface area contributed by atoms with E-state index in [1.54, 1.807) is 0 Å². The number of carbonyl (C=O) groups excluding carboxylic acids is 1. The van der Waals surface area contributed by atoms with Crippen molar-refractivity contribution in [1.82, 2.24) is 10.1 Å². The molecule has 4 heteroatoms. The molecule has 2 heterocycles. The first-order chi connectivity index (χ1) is 11.3. The highest BCUT2D eigenvalue weighted by Crippen LogP contribution is 2.29. The van der Waals surface area contributed by atoms with Gasteiger partial charge in [-0.05, 0) is 42.9 Å². The lowest BCUT2D eigenvalue weighted by Crippen LogP contribution is -2.38. The predicted molar refractivity (Wildman–Crippen MR) is 94.3 cm³/mol. The number of benzene rings is 1. The van der Waals surface area contributed by atoms with Gasteiger partial charge in [0.05, 0.1) is 5.69 Å². The van der Waals surface area contributed by atoms with Crippen molar-refractivity contribution in [2.24, 2.45) is 0 Å². The van der Waals surface area contributed by atoms with E-state index in [0.29, 0.717) is 5.92 Å². The number of piperidine rings is 1. The third-order valence-corrected chi connectivity index (χ3v) is 4.82. The summed E-state index contributed by atoms with van der Waals surface area (Å²) in [5.41, 5.74) is 3.06. The van der Waals surface area contributed by atoms with E-state index in [1.807, 2.05) is 36.1 Å². The fourth-order valence-electron chi connectivity index (χ4n) is 3.26. The molecule has 1 amide bonds. The van der Waals surface area contributed by atoms with Crippen molar-refractivity contribution >= 4 is 5.91 Å². The summed E-state index contributed by atoms with van der Waals surface area (Å²) in [7, 11) is 0. The molecule has 1 aromatic carbocycles. The van der Waals surface area contributed by atoms with Crippen molar-refractivity contribution < 1.29 is 9.32 Å². The quantitative estimate of drug-likeness (QED) is 0.826. The van der Waals surface area contributed by atoms with E-state index >= 15 is 0 Å². The molecule has 0 bridgehead atoms. The lowest BCUT2D eigenvalue weighted by atomic mass is 9.86. The third-order valence-electron chi connectivity index (χ3n) is 4.82. The van der Waals surface area contributed by atoms with Crippen molar-refractivity contribution in [1.29, 1.82) is 0 Å². The Kier molecular flexibility index (Phi) is 4.48. The number of hydrogen-bond donors (Lipinski definition) is 0. The second-order valence-electron chi connectivity index (χ2n) is 7.76. The van der Waals surface area contributed by atoms with Crippen molar-refractivity contribution in [2.75, 3.05) is 13.1 Å². The Morgan fingerprint density at radius 1 is 1.21 bits per heavy atom. The molecule has 0 radical (unpaired) electrons. The van der Waals surface area contributed by atoms with E-state index in [4.69, 9.17) is 4.52 Å². The van der Waals surface area contributed by atoms with Gasteiger partial charge in [-0.15, -0.1) is 0 Å². The van der Waals surface area contributed by atoms with Gasteiger partial charge in [0, 0.05) is 30.6 Å². The van der Waals surface area contributed by atoms with Crippen LogP contribution in [-0.4, -0.2) is 29.1 Å². The average molecular weight is 326 g/mol. The van der Waals surface area contributed by atoms with Gasteiger partial charge in [-0.2, -0.15) is 0 Å². The van der Waals surface area contributed by atoms with E-state index in [0.717, 1.165) is 42.9 Å². The normalized spacial score (nSPS) is 16.4. The minimum Gasteiger partial charge on any atom is -0.361 e. The molecule has 0 saturated carbocycles.